The number of anilines is 1. The van der Waals surface area contributed by atoms with E-state index in [-0.39, 0.29) is 5.41 Å². The third kappa shape index (κ3) is 2.94. The molecule has 0 spiro atoms. The number of hydrogen-bond donors (Lipinski definition) is 0. The van der Waals surface area contributed by atoms with Gasteiger partial charge in [0.25, 0.3) is 0 Å². The average Bonchev–Trinajstić information content (AvgIpc) is 2.91. The molecule has 0 aliphatic carbocycles. The van der Waals surface area contributed by atoms with Crippen molar-refractivity contribution in [2.75, 3.05) is 18.0 Å². The molecule has 1 aliphatic heterocycles. The van der Waals surface area contributed by atoms with E-state index in [9.17, 15) is 0 Å². The van der Waals surface area contributed by atoms with E-state index in [0.29, 0.717) is 0 Å². The van der Waals surface area contributed by atoms with Gasteiger partial charge in [-0.25, -0.2) is 0 Å². The standard InChI is InChI=1S/C17H27N5/c1-5-7-13-8-6-11-21(12-13)15-10-9-14-18-19-16(17(2,3)4)22(14)20-15/h9-10,13H,5-8,11-12H2,1-4H3. The van der Waals surface area contributed by atoms with Crippen LogP contribution in [0.15, 0.2) is 12.1 Å². The van der Waals surface area contributed by atoms with Crippen molar-refractivity contribution < 1.29 is 0 Å². The summed E-state index contributed by atoms with van der Waals surface area (Å²) in [5.41, 5.74) is 0.772. The van der Waals surface area contributed by atoms with Crippen LogP contribution in [0, 0.1) is 5.92 Å². The van der Waals surface area contributed by atoms with E-state index >= 15 is 0 Å². The number of hydrogen-bond acceptors (Lipinski definition) is 4. The van der Waals surface area contributed by atoms with Crippen molar-refractivity contribution in [3.63, 3.8) is 0 Å². The summed E-state index contributed by atoms with van der Waals surface area (Å²) in [5.74, 6) is 2.78. The molecule has 0 N–H and O–H groups in total. The summed E-state index contributed by atoms with van der Waals surface area (Å²) in [7, 11) is 0. The third-order valence-corrected chi connectivity index (χ3v) is 4.46. The molecule has 5 nitrogen and oxygen atoms in total. The van der Waals surface area contributed by atoms with Crippen LogP contribution in [0.2, 0.25) is 0 Å². The molecule has 120 valence electrons. The molecule has 5 heteroatoms. The van der Waals surface area contributed by atoms with Crippen LogP contribution in [0.25, 0.3) is 5.65 Å². The maximum Gasteiger partial charge on any atom is 0.178 e. The summed E-state index contributed by atoms with van der Waals surface area (Å²) >= 11 is 0. The first-order valence-electron chi connectivity index (χ1n) is 8.47. The minimum atomic E-state index is -0.0579. The Hall–Kier alpha value is -1.65. The fourth-order valence-corrected chi connectivity index (χ4v) is 3.33. The highest BCUT2D eigenvalue weighted by Crippen LogP contribution is 2.26. The zero-order valence-corrected chi connectivity index (χ0v) is 14.2. The molecule has 0 aromatic carbocycles. The van der Waals surface area contributed by atoms with Gasteiger partial charge in [0.15, 0.2) is 11.5 Å². The maximum atomic E-state index is 4.84. The van der Waals surface area contributed by atoms with E-state index in [1.165, 1.54) is 25.7 Å². The predicted molar refractivity (Wildman–Crippen MR) is 89.3 cm³/mol. The summed E-state index contributed by atoms with van der Waals surface area (Å²) in [5, 5.41) is 13.4. The third-order valence-electron chi connectivity index (χ3n) is 4.46. The van der Waals surface area contributed by atoms with Crippen LogP contribution in [0.4, 0.5) is 5.82 Å². The van der Waals surface area contributed by atoms with Gasteiger partial charge in [-0.1, -0.05) is 34.1 Å². The largest absolute Gasteiger partial charge is 0.355 e. The lowest BCUT2D eigenvalue weighted by Gasteiger charge is -2.33. The van der Waals surface area contributed by atoms with Crippen LogP contribution in [-0.4, -0.2) is 32.9 Å². The van der Waals surface area contributed by atoms with E-state index < -0.39 is 0 Å². The topological polar surface area (TPSA) is 46.3 Å². The number of rotatable bonds is 3. The second-order valence-electron chi connectivity index (χ2n) is 7.48. The number of fused-ring (bicyclic) bond motifs is 1. The summed E-state index contributed by atoms with van der Waals surface area (Å²) < 4.78 is 1.92. The lowest BCUT2D eigenvalue weighted by Crippen LogP contribution is -2.36. The van der Waals surface area contributed by atoms with Crippen LogP contribution in [-0.2, 0) is 5.41 Å². The minimum Gasteiger partial charge on any atom is -0.355 e. The van der Waals surface area contributed by atoms with Gasteiger partial charge in [-0.3, -0.25) is 0 Å². The monoisotopic (exact) mass is 301 g/mol. The lowest BCUT2D eigenvalue weighted by molar-refractivity contribution is 0.385. The van der Waals surface area contributed by atoms with Crippen LogP contribution in [0.5, 0.6) is 0 Å². The van der Waals surface area contributed by atoms with Crippen molar-refractivity contribution >= 4 is 11.5 Å². The summed E-state index contributed by atoms with van der Waals surface area (Å²) in [4.78, 5) is 2.43. The average molecular weight is 301 g/mol. The Morgan fingerprint density at radius 1 is 1.23 bits per heavy atom. The van der Waals surface area contributed by atoms with Crippen molar-refractivity contribution in [3.8, 4) is 0 Å². The zero-order valence-electron chi connectivity index (χ0n) is 14.2. The molecule has 3 heterocycles. The fraction of sp³-hybridized carbons (Fsp3) is 0.706. The van der Waals surface area contributed by atoms with E-state index in [2.05, 4.69) is 48.9 Å². The van der Waals surface area contributed by atoms with Crippen molar-refractivity contribution in [1.29, 1.82) is 0 Å². The Labute approximate surface area is 132 Å². The molecule has 3 rings (SSSR count). The molecular weight excluding hydrogens is 274 g/mol. The van der Waals surface area contributed by atoms with Crippen LogP contribution >= 0.6 is 0 Å². The Bertz CT molecular complexity index is 638. The Morgan fingerprint density at radius 3 is 2.77 bits per heavy atom. The van der Waals surface area contributed by atoms with E-state index in [1.807, 2.05) is 10.6 Å². The van der Waals surface area contributed by atoms with Crippen LogP contribution < -0.4 is 4.90 Å². The predicted octanol–water partition coefficient (Wildman–Crippen LogP) is 3.44. The number of aromatic nitrogens is 4. The fourth-order valence-electron chi connectivity index (χ4n) is 3.33. The van der Waals surface area contributed by atoms with E-state index in [1.54, 1.807) is 0 Å². The molecule has 1 aliphatic rings. The molecule has 22 heavy (non-hydrogen) atoms. The van der Waals surface area contributed by atoms with Gasteiger partial charge in [0.1, 0.15) is 5.82 Å². The summed E-state index contributed by atoms with van der Waals surface area (Å²) in [6.45, 7) is 10.9. The molecule has 0 bridgehead atoms. The van der Waals surface area contributed by atoms with E-state index in [4.69, 9.17) is 5.10 Å². The lowest BCUT2D eigenvalue weighted by atomic mass is 9.94. The zero-order chi connectivity index (χ0) is 15.7. The van der Waals surface area contributed by atoms with Gasteiger partial charge in [-0.2, -0.15) is 4.52 Å². The first-order valence-corrected chi connectivity index (χ1v) is 8.47. The summed E-state index contributed by atoms with van der Waals surface area (Å²) in [6.07, 6.45) is 5.20. The quantitative estimate of drug-likeness (QED) is 0.871. The van der Waals surface area contributed by atoms with Gasteiger partial charge in [0.05, 0.1) is 0 Å². The van der Waals surface area contributed by atoms with Crippen LogP contribution in [0.1, 0.15) is 59.2 Å². The normalized spacial score (nSPS) is 19.8. The number of piperidine rings is 1. The SMILES string of the molecule is CCCC1CCCN(c2ccc3nnc(C(C)(C)C)n3n2)C1. The molecule has 0 saturated carbocycles. The highest BCUT2D eigenvalue weighted by molar-refractivity contribution is 5.46. The van der Waals surface area contributed by atoms with Gasteiger partial charge < -0.3 is 4.90 Å². The molecular formula is C17H27N5. The molecule has 1 unspecified atom stereocenters. The van der Waals surface area contributed by atoms with Crippen molar-refractivity contribution in [2.24, 2.45) is 5.92 Å². The van der Waals surface area contributed by atoms with Crippen LogP contribution in [0.3, 0.4) is 0 Å². The number of nitrogens with zero attached hydrogens (tertiary/aromatic N) is 5. The Morgan fingerprint density at radius 2 is 2.05 bits per heavy atom. The summed E-state index contributed by atoms with van der Waals surface area (Å²) in [6, 6.07) is 4.12. The maximum absolute atomic E-state index is 4.84. The Balaban J connectivity index is 1.91. The first-order chi connectivity index (χ1) is 10.5. The van der Waals surface area contributed by atoms with Gasteiger partial charge in [0.2, 0.25) is 0 Å². The second kappa shape index (κ2) is 5.86. The molecule has 1 saturated heterocycles. The molecule has 1 atom stereocenters. The Kier molecular flexibility index (Phi) is 4.06. The van der Waals surface area contributed by atoms with Crippen molar-refractivity contribution in [3.05, 3.63) is 18.0 Å². The highest BCUT2D eigenvalue weighted by atomic mass is 15.4. The second-order valence-corrected chi connectivity index (χ2v) is 7.48. The first kappa shape index (κ1) is 15.3. The molecule has 2 aromatic heterocycles. The van der Waals surface area contributed by atoms with Gasteiger partial charge in [-0.05, 0) is 37.3 Å². The van der Waals surface area contributed by atoms with Gasteiger partial charge in [0, 0.05) is 18.5 Å². The molecule has 0 radical (unpaired) electrons. The molecule has 0 amide bonds. The van der Waals surface area contributed by atoms with Crippen molar-refractivity contribution in [1.82, 2.24) is 19.8 Å². The highest BCUT2D eigenvalue weighted by Gasteiger charge is 2.24. The molecule has 2 aromatic rings. The molecule has 1 fully saturated rings. The minimum absolute atomic E-state index is 0.0579. The van der Waals surface area contributed by atoms with Gasteiger partial charge >= 0.3 is 0 Å². The van der Waals surface area contributed by atoms with E-state index in [0.717, 1.165) is 36.3 Å². The van der Waals surface area contributed by atoms with Gasteiger partial charge in [-0.15, -0.1) is 15.3 Å². The smallest absolute Gasteiger partial charge is 0.178 e. The van der Waals surface area contributed by atoms with Crippen molar-refractivity contribution in [2.45, 2.75) is 58.8 Å².